The number of para-hydroxylation sites is 1. The summed E-state index contributed by atoms with van der Waals surface area (Å²) in [7, 11) is 0. The molecule has 0 N–H and O–H groups in total. The monoisotopic (exact) mass is 406 g/mol. The van der Waals surface area contributed by atoms with Crippen molar-refractivity contribution >= 4 is 22.0 Å². The lowest BCUT2D eigenvalue weighted by Crippen LogP contribution is -2.38. The molecule has 0 atom stereocenters. The van der Waals surface area contributed by atoms with E-state index in [1.807, 2.05) is 57.2 Å². The van der Waals surface area contributed by atoms with E-state index in [0.717, 1.165) is 15.8 Å². The lowest BCUT2D eigenvalue weighted by Gasteiger charge is -2.27. The molecule has 0 aliphatic rings. The number of aromatic nitrogens is 1. The predicted molar refractivity (Wildman–Crippen MR) is 101 cm³/mol. The van der Waals surface area contributed by atoms with Gasteiger partial charge in [-0.2, -0.15) is 0 Å². The van der Waals surface area contributed by atoms with Gasteiger partial charge in [-0.3, -0.25) is 4.98 Å². The molecule has 0 saturated carbocycles. The van der Waals surface area contributed by atoms with E-state index in [1.165, 1.54) is 0 Å². The van der Waals surface area contributed by atoms with Crippen LogP contribution in [0.5, 0.6) is 5.75 Å². The van der Waals surface area contributed by atoms with Crippen LogP contribution in [0.2, 0.25) is 0 Å². The second-order valence-corrected chi connectivity index (χ2v) is 7.40. The Hall–Kier alpha value is -2.08. The smallest absolute Gasteiger partial charge is 0.410 e. The summed E-state index contributed by atoms with van der Waals surface area (Å²) in [5.74, 6) is 0.744. The van der Waals surface area contributed by atoms with Gasteiger partial charge in [-0.05, 0) is 60.5 Å². The van der Waals surface area contributed by atoms with Gasteiger partial charge >= 0.3 is 6.09 Å². The minimum Gasteiger partial charge on any atom is -0.491 e. The SMILES string of the molecule is CC(C)(C)OC(=O)N(CCOc1ccccc1Br)Cc1cccnc1. The van der Waals surface area contributed by atoms with Gasteiger partial charge < -0.3 is 14.4 Å². The zero-order valence-electron chi connectivity index (χ0n) is 14.7. The zero-order chi connectivity index (χ0) is 18.3. The fourth-order valence-electron chi connectivity index (χ4n) is 2.10. The van der Waals surface area contributed by atoms with Crippen LogP contribution in [-0.4, -0.2) is 34.7 Å². The van der Waals surface area contributed by atoms with Crippen molar-refractivity contribution in [3.8, 4) is 5.75 Å². The largest absolute Gasteiger partial charge is 0.491 e. The number of ether oxygens (including phenoxy) is 2. The van der Waals surface area contributed by atoms with Crippen molar-refractivity contribution in [1.82, 2.24) is 9.88 Å². The van der Waals surface area contributed by atoms with E-state index in [2.05, 4.69) is 20.9 Å². The predicted octanol–water partition coefficient (Wildman–Crippen LogP) is 4.66. The molecule has 134 valence electrons. The number of hydrogen-bond acceptors (Lipinski definition) is 4. The summed E-state index contributed by atoms with van der Waals surface area (Å²) in [6, 6.07) is 11.4. The fourth-order valence-corrected chi connectivity index (χ4v) is 2.50. The lowest BCUT2D eigenvalue weighted by molar-refractivity contribution is 0.0209. The first-order valence-corrected chi connectivity index (χ1v) is 8.88. The molecule has 0 spiro atoms. The summed E-state index contributed by atoms with van der Waals surface area (Å²) in [6.07, 6.45) is 3.08. The summed E-state index contributed by atoms with van der Waals surface area (Å²) in [6.45, 7) is 6.75. The minimum atomic E-state index is -0.548. The lowest BCUT2D eigenvalue weighted by atomic mass is 10.2. The molecule has 0 radical (unpaired) electrons. The highest BCUT2D eigenvalue weighted by molar-refractivity contribution is 9.10. The van der Waals surface area contributed by atoms with E-state index in [0.29, 0.717) is 19.7 Å². The topological polar surface area (TPSA) is 51.7 Å². The maximum Gasteiger partial charge on any atom is 0.410 e. The van der Waals surface area contributed by atoms with Gasteiger partial charge in [-0.15, -0.1) is 0 Å². The van der Waals surface area contributed by atoms with Gasteiger partial charge in [0.1, 0.15) is 18.0 Å². The summed E-state index contributed by atoms with van der Waals surface area (Å²) < 4.78 is 12.2. The molecule has 0 unspecified atom stereocenters. The van der Waals surface area contributed by atoms with Gasteiger partial charge in [0.2, 0.25) is 0 Å². The minimum absolute atomic E-state index is 0.363. The summed E-state index contributed by atoms with van der Waals surface area (Å²) >= 11 is 3.45. The third kappa shape index (κ3) is 6.74. The second-order valence-electron chi connectivity index (χ2n) is 6.54. The molecule has 0 fully saturated rings. The number of benzene rings is 1. The van der Waals surface area contributed by atoms with E-state index >= 15 is 0 Å². The van der Waals surface area contributed by atoms with Crippen LogP contribution in [-0.2, 0) is 11.3 Å². The molecule has 1 heterocycles. The third-order valence-corrected chi connectivity index (χ3v) is 3.86. The first-order valence-electron chi connectivity index (χ1n) is 8.09. The molecule has 1 aromatic carbocycles. The standard InChI is InChI=1S/C19H23BrN2O3/c1-19(2,3)25-18(23)22(14-15-7-6-10-21-13-15)11-12-24-17-9-5-4-8-16(17)20/h4-10,13H,11-12,14H2,1-3H3. The van der Waals surface area contributed by atoms with Crippen LogP contribution >= 0.6 is 15.9 Å². The molecular formula is C19H23BrN2O3. The molecule has 0 bridgehead atoms. The Morgan fingerprint density at radius 2 is 1.96 bits per heavy atom. The average Bonchev–Trinajstić information content (AvgIpc) is 2.55. The number of halogens is 1. The molecule has 0 aliphatic heterocycles. The number of carbonyl (C=O) groups is 1. The van der Waals surface area contributed by atoms with Crippen molar-refractivity contribution in [2.45, 2.75) is 32.9 Å². The zero-order valence-corrected chi connectivity index (χ0v) is 16.3. The summed E-state index contributed by atoms with van der Waals surface area (Å²) in [5, 5.41) is 0. The van der Waals surface area contributed by atoms with Crippen molar-refractivity contribution in [3.05, 3.63) is 58.8 Å². The Bertz CT molecular complexity index is 687. The van der Waals surface area contributed by atoms with Crippen molar-refractivity contribution in [2.75, 3.05) is 13.2 Å². The quantitative estimate of drug-likeness (QED) is 0.699. The highest BCUT2D eigenvalue weighted by Crippen LogP contribution is 2.23. The molecule has 0 aliphatic carbocycles. The van der Waals surface area contributed by atoms with Crippen LogP contribution in [0.15, 0.2) is 53.3 Å². The Balaban J connectivity index is 2.00. The van der Waals surface area contributed by atoms with Crippen LogP contribution in [0.3, 0.4) is 0 Å². The first kappa shape index (κ1) is 19.2. The maximum atomic E-state index is 12.5. The molecule has 1 amide bonds. The number of rotatable bonds is 6. The molecule has 5 nitrogen and oxygen atoms in total. The second kappa shape index (κ2) is 8.85. The van der Waals surface area contributed by atoms with Crippen molar-refractivity contribution in [2.24, 2.45) is 0 Å². The molecule has 2 aromatic rings. The third-order valence-electron chi connectivity index (χ3n) is 3.20. The Kier molecular flexibility index (Phi) is 6.82. The first-order chi connectivity index (χ1) is 11.8. The van der Waals surface area contributed by atoms with Gasteiger partial charge in [-0.1, -0.05) is 18.2 Å². The molecular weight excluding hydrogens is 384 g/mol. The molecule has 6 heteroatoms. The maximum absolute atomic E-state index is 12.5. The number of pyridine rings is 1. The van der Waals surface area contributed by atoms with Crippen molar-refractivity contribution < 1.29 is 14.3 Å². The van der Waals surface area contributed by atoms with Crippen LogP contribution in [0.1, 0.15) is 26.3 Å². The van der Waals surface area contributed by atoms with Crippen LogP contribution in [0.25, 0.3) is 0 Å². The number of amides is 1. The van der Waals surface area contributed by atoms with Crippen LogP contribution in [0, 0.1) is 0 Å². The van der Waals surface area contributed by atoms with Crippen molar-refractivity contribution in [1.29, 1.82) is 0 Å². The normalized spacial score (nSPS) is 11.0. The van der Waals surface area contributed by atoms with E-state index in [9.17, 15) is 4.79 Å². The molecule has 25 heavy (non-hydrogen) atoms. The number of hydrogen-bond donors (Lipinski definition) is 0. The molecule has 0 saturated heterocycles. The highest BCUT2D eigenvalue weighted by Gasteiger charge is 2.22. The van der Waals surface area contributed by atoms with Gasteiger partial charge in [0.15, 0.2) is 0 Å². The van der Waals surface area contributed by atoms with E-state index < -0.39 is 5.60 Å². The van der Waals surface area contributed by atoms with Crippen LogP contribution < -0.4 is 4.74 Å². The number of carbonyl (C=O) groups excluding carboxylic acids is 1. The van der Waals surface area contributed by atoms with E-state index in [-0.39, 0.29) is 6.09 Å². The molecule has 2 rings (SSSR count). The fraction of sp³-hybridized carbons (Fsp3) is 0.368. The van der Waals surface area contributed by atoms with E-state index in [1.54, 1.807) is 17.3 Å². The van der Waals surface area contributed by atoms with Gasteiger partial charge in [0.05, 0.1) is 17.6 Å². The Morgan fingerprint density at radius 3 is 2.60 bits per heavy atom. The van der Waals surface area contributed by atoms with Crippen LogP contribution in [0.4, 0.5) is 4.79 Å². The highest BCUT2D eigenvalue weighted by atomic mass is 79.9. The van der Waals surface area contributed by atoms with Crippen molar-refractivity contribution in [3.63, 3.8) is 0 Å². The van der Waals surface area contributed by atoms with Gasteiger partial charge in [0, 0.05) is 12.4 Å². The molecule has 1 aromatic heterocycles. The Morgan fingerprint density at radius 1 is 1.20 bits per heavy atom. The Labute approximate surface area is 157 Å². The summed E-state index contributed by atoms with van der Waals surface area (Å²) in [5.41, 5.74) is 0.391. The van der Waals surface area contributed by atoms with Gasteiger partial charge in [-0.25, -0.2) is 4.79 Å². The van der Waals surface area contributed by atoms with Gasteiger partial charge in [0.25, 0.3) is 0 Å². The number of nitrogens with zero attached hydrogens (tertiary/aromatic N) is 2. The summed E-state index contributed by atoms with van der Waals surface area (Å²) in [4.78, 5) is 18.2. The van der Waals surface area contributed by atoms with E-state index in [4.69, 9.17) is 9.47 Å². The average molecular weight is 407 g/mol.